The van der Waals surface area contributed by atoms with Crippen LogP contribution < -0.4 is 4.90 Å². The molecule has 1 fully saturated rings. The highest BCUT2D eigenvalue weighted by Gasteiger charge is 2.23. The number of allylic oxidation sites excluding steroid dienone is 2. The van der Waals surface area contributed by atoms with E-state index in [1.165, 1.54) is 18.2 Å². The van der Waals surface area contributed by atoms with E-state index in [4.69, 9.17) is 0 Å². The van der Waals surface area contributed by atoms with Gasteiger partial charge >= 0.3 is 0 Å². The Labute approximate surface area is 194 Å². The minimum Gasteiger partial charge on any atom is -0.357 e. The minimum absolute atomic E-state index is 0.117. The fourth-order valence-corrected chi connectivity index (χ4v) is 4.59. The number of benzene rings is 2. The topological polar surface area (TPSA) is 23.6 Å². The Kier molecular flexibility index (Phi) is 8.13. The van der Waals surface area contributed by atoms with E-state index >= 15 is 4.39 Å². The first kappa shape index (κ1) is 24.8. The van der Waals surface area contributed by atoms with Crippen molar-refractivity contribution in [2.45, 2.75) is 19.4 Å². The molecule has 1 heterocycles. The smallest absolute Gasteiger partial charge is 0.259 e. The predicted molar refractivity (Wildman–Crippen MR) is 126 cm³/mol. The molecule has 3 rings (SSSR count). The second kappa shape index (κ2) is 10.8. The average molecular weight is 479 g/mol. The Balaban J connectivity index is 1.84. The SMILES string of the molecule is C=C(CC(=C)C(F)F)c1ccc(CN(C(=C)N2CCS(=O)CC2)c2ccc(F)cc2)c(F)c1. The van der Waals surface area contributed by atoms with E-state index in [1.807, 2.05) is 4.90 Å². The van der Waals surface area contributed by atoms with Crippen LogP contribution >= 0.6 is 0 Å². The Morgan fingerprint density at radius 1 is 1.03 bits per heavy atom. The van der Waals surface area contributed by atoms with Crippen LogP contribution in [0.5, 0.6) is 0 Å². The molecule has 2 aromatic rings. The molecule has 8 heteroatoms. The zero-order chi connectivity index (χ0) is 24.1. The van der Waals surface area contributed by atoms with Crippen molar-refractivity contribution in [2.24, 2.45) is 0 Å². The van der Waals surface area contributed by atoms with Gasteiger partial charge < -0.3 is 9.80 Å². The molecule has 0 spiro atoms. The highest BCUT2D eigenvalue weighted by molar-refractivity contribution is 7.85. The van der Waals surface area contributed by atoms with E-state index in [1.54, 1.807) is 29.2 Å². The van der Waals surface area contributed by atoms with Gasteiger partial charge in [0.1, 0.15) is 17.5 Å². The van der Waals surface area contributed by atoms with Crippen LogP contribution in [-0.2, 0) is 17.3 Å². The zero-order valence-electron chi connectivity index (χ0n) is 18.2. The van der Waals surface area contributed by atoms with Crippen LogP contribution in [0.25, 0.3) is 5.57 Å². The number of alkyl halides is 2. The second-order valence-electron chi connectivity index (χ2n) is 7.86. The van der Waals surface area contributed by atoms with Crippen molar-refractivity contribution in [2.75, 3.05) is 29.5 Å². The van der Waals surface area contributed by atoms with Crippen molar-refractivity contribution in [1.82, 2.24) is 4.90 Å². The lowest BCUT2D eigenvalue weighted by Gasteiger charge is -2.37. The van der Waals surface area contributed by atoms with Gasteiger partial charge in [0.2, 0.25) is 0 Å². The first-order chi connectivity index (χ1) is 15.7. The van der Waals surface area contributed by atoms with E-state index in [-0.39, 0.29) is 18.5 Å². The molecule has 0 aromatic heterocycles. The molecule has 1 saturated heterocycles. The number of hydrogen-bond acceptors (Lipinski definition) is 3. The molecule has 1 aliphatic heterocycles. The normalized spacial score (nSPS) is 14.4. The number of hydrogen-bond donors (Lipinski definition) is 0. The molecule has 0 saturated carbocycles. The van der Waals surface area contributed by atoms with Gasteiger partial charge in [0.25, 0.3) is 6.43 Å². The molecule has 0 bridgehead atoms. The van der Waals surface area contributed by atoms with E-state index < -0.39 is 28.9 Å². The van der Waals surface area contributed by atoms with Crippen LogP contribution in [0.1, 0.15) is 17.5 Å². The molecule has 0 atom stereocenters. The second-order valence-corrected chi connectivity index (χ2v) is 9.56. The number of rotatable bonds is 9. The van der Waals surface area contributed by atoms with Gasteiger partial charge in [0.15, 0.2) is 0 Å². The summed E-state index contributed by atoms with van der Waals surface area (Å²) in [6, 6.07) is 10.3. The molecule has 176 valence electrons. The summed E-state index contributed by atoms with van der Waals surface area (Å²) >= 11 is 0. The Bertz CT molecular complexity index is 1060. The summed E-state index contributed by atoms with van der Waals surface area (Å²) in [6.07, 6.45) is -2.78. The lowest BCUT2D eigenvalue weighted by molar-refractivity contribution is 0.188. The number of anilines is 1. The molecule has 33 heavy (non-hydrogen) atoms. The maximum absolute atomic E-state index is 15.0. The zero-order valence-corrected chi connectivity index (χ0v) is 19.0. The van der Waals surface area contributed by atoms with Gasteiger partial charge in [-0.25, -0.2) is 17.6 Å². The summed E-state index contributed by atoms with van der Waals surface area (Å²) < 4.78 is 65.8. The van der Waals surface area contributed by atoms with Crippen molar-refractivity contribution in [3.8, 4) is 0 Å². The molecule has 3 nitrogen and oxygen atoms in total. The molecule has 0 aliphatic carbocycles. The van der Waals surface area contributed by atoms with Gasteiger partial charge in [-0.15, -0.1) is 0 Å². The van der Waals surface area contributed by atoms with E-state index in [0.29, 0.717) is 52.8 Å². The van der Waals surface area contributed by atoms with Crippen LogP contribution in [0.15, 0.2) is 73.6 Å². The Hall–Kier alpha value is -2.87. The van der Waals surface area contributed by atoms with E-state index in [9.17, 15) is 17.4 Å². The van der Waals surface area contributed by atoms with Crippen molar-refractivity contribution >= 4 is 22.1 Å². The fraction of sp³-hybridized carbons (Fsp3) is 0.280. The van der Waals surface area contributed by atoms with Gasteiger partial charge in [0, 0.05) is 46.6 Å². The van der Waals surface area contributed by atoms with Gasteiger partial charge in [-0.2, -0.15) is 0 Å². The molecular formula is C25H26F4N2OS. The molecule has 0 unspecified atom stereocenters. The fourth-order valence-electron chi connectivity index (χ4n) is 3.54. The molecule has 0 radical (unpaired) electrons. The molecule has 2 aromatic carbocycles. The Morgan fingerprint density at radius 3 is 2.24 bits per heavy atom. The largest absolute Gasteiger partial charge is 0.357 e. The van der Waals surface area contributed by atoms with Gasteiger partial charge in [-0.3, -0.25) is 4.21 Å². The summed E-state index contributed by atoms with van der Waals surface area (Å²) in [5, 5.41) is 0. The third-order valence-electron chi connectivity index (χ3n) is 5.53. The molecule has 1 aliphatic rings. The Morgan fingerprint density at radius 2 is 1.67 bits per heavy atom. The number of nitrogens with zero attached hydrogens (tertiary/aromatic N) is 2. The predicted octanol–water partition coefficient (Wildman–Crippen LogP) is 5.73. The van der Waals surface area contributed by atoms with Crippen LogP contribution in [-0.4, -0.2) is 40.1 Å². The lowest BCUT2D eigenvalue weighted by Crippen LogP contribution is -2.42. The van der Waals surface area contributed by atoms with Gasteiger partial charge in [-0.05, 0) is 53.5 Å². The monoisotopic (exact) mass is 478 g/mol. The van der Waals surface area contributed by atoms with Crippen LogP contribution in [0, 0.1) is 11.6 Å². The number of halogens is 4. The summed E-state index contributed by atoms with van der Waals surface area (Å²) in [4.78, 5) is 3.76. The summed E-state index contributed by atoms with van der Waals surface area (Å²) in [5.74, 6) is 0.726. The third kappa shape index (κ3) is 6.35. The summed E-state index contributed by atoms with van der Waals surface area (Å²) in [5.41, 5.74) is 1.49. The van der Waals surface area contributed by atoms with Gasteiger partial charge in [0.05, 0.1) is 6.54 Å². The summed E-state index contributed by atoms with van der Waals surface area (Å²) in [6.45, 7) is 12.5. The van der Waals surface area contributed by atoms with Crippen molar-refractivity contribution < 1.29 is 21.8 Å². The maximum Gasteiger partial charge on any atom is 0.259 e. The molecule has 0 N–H and O–H groups in total. The van der Waals surface area contributed by atoms with Crippen LogP contribution in [0.4, 0.5) is 23.2 Å². The van der Waals surface area contributed by atoms with Crippen molar-refractivity contribution in [3.05, 3.63) is 96.4 Å². The van der Waals surface area contributed by atoms with Crippen molar-refractivity contribution in [3.63, 3.8) is 0 Å². The maximum atomic E-state index is 15.0. The average Bonchev–Trinajstić information content (AvgIpc) is 2.79. The van der Waals surface area contributed by atoms with E-state index in [0.717, 1.165) is 0 Å². The third-order valence-corrected chi connectivity index (χ3v) is 6.81. The quantitative estimate of drug-likeness (QED) is 0.340. The highest BCUT2D eigenvalue weighted by atomic mass is 32.2. The first-order valence-corrected chi connectivity index (χ1v) is 11.9. The van der Waals surface area contributed by atoms with Crippen LogP contribution in [0.3, 0.4) is 0 Å². The highest BCUT2D eigenvalue weighted by Crippen LogP contribution is 2.28. The molecular weight excluding hydrogens is 452 g/mol. The van der Waals surface area contributed by atoms with Crippen LogP contribution in [0.2, 0.25) is 0 Å². The molecule has 0 amide bonds. The summed E-state index contributed by atoms with van der Waals surface area (Å²) in [7, 11) is -0.867. The van der Waals surface area contributed by atoms with Crippen molar-refractivity contribution in [1.29, 1.82) is 0 Å². The lowest BCUT2D eigenvalue weighted by atomic mass is 9.99. The minimum atomic E-state index is -2.66. The van der Waals surface area contributed by atoms with Gasteiger partial charge in [-0.1, -0.05) is 31.9 Å². The standard InChI is InChI=1S/C25H26F4N2OS/c1-17(14-18(2)25(28)29)20-4-5-21(24(27)15-20)16-31(23-8-6-22(26)7-9-23)19(3)30-10-12-33(32)13-11-30/h4-9,15,25H,1-3,10-14,16H2. The van der Waals surface area contributed by atoms with E-state index in [2.05, 4.69) is 19.7 Å². The first-order valence-electron chi connectivity index (χ1n) is 10.4.